The monoisotopic (exact) mass is 229 g/mol. The summed E-state index contributed by atoms with van der Waals surface area (Å²) in [5.74, 6) is -1.14. The number of carbonyl (C=O) groups is 1. The maximum atomic E-state index is 13.4. The van der Waals surface area contributed by atoms with Gasteiger partial charge in [0.05, 0.1) is 10.6 Å². The molecule has 2 nitrogen and oxygen atoms in total. The van der Waals surface area contributed by atoms with Crippen molar-refractivity contribution in [1.82, 2.24) is 5.32 Å². The lowest BCUT2D eigenvalue weighted by Crippen LogP contribution is -2.40. The lowest BCUT2D eigenvalue weighted by molar-refractivity contribution is 0.0915. The third-order valence-electron chi connectivity index (χ3n) is 1.68. The van der Waals surface area contributed by atoms with Crippen LogP contribution in [-0.2, 0) is 0 Å². The minimum atomic E-state index is -0.680. The number of hydrogen-bond acceptors (Lipinski definition) is 1. The van der Waals surface area contributed by atoms with Gasteiger partial charge in [0.25, 0.3) is 5.91 Å². The van der Waals surface area contributed by atoms with Crippen molar-refractivity contribution in [2.24, 2.45) is 0 Å². The second kappa shape index (κ2) is 4.19. The van der Waals surface area contributed by atoms with E-state index in [1.165, 1.54) is 12.1 Å². The Morgan fingerprint density at radius 1 is 1.40 bits per heavy atom. The van der Waals surface area contributed by atoms with Crippen molar-refractivity contribution >= 4 is 17.5 Å². The van der Waals surface area contributed by atoms with Gasteiger partial charge in [-0.25, -0.2) is 4.39 Å². The molecule has 1 aromatic carbocycles. The zero-order valence-corrected chi connectivity index (χ0v) is 9.65. The van der Waals surface area contributed by atoms with Crippen LogP contribution in [0.5, 0.6) is 0 Å². The van der Waals surface area contributed by atoms with E-state index >= 15 is 0 Å². The van der Waals surface area contributed by atoms with Gasteiger partial charge in [-0.2, -0.15) is 0 Å². The van der Waals surface area contributed by atoms with Crippen LogP contribution < -0.4 is 5.32 Å². The van der Waals surface area contributed by atoms with Gasteiger partial charge >= 0.3 is 0 Å². The molecule has 0 aliphatic rings. The maximum absolute atomic E-state index is 13.4. The molecule has 15 heavy (non-hydrogen) atoms. The summed E-state index contributed by atoms with van der Waals surface area (Å²) in [4.78, 5) is 11.6. The van der Waals surface area contributed by atoms with E-state index in [2.05, 4.69) is 5.32 Å². The molecule has 0 atom stereocenters. The molecule has 1 rings (SSSR count). The highest BCUT2D eigenvalue weighted by Crippen LogP contribution is 2.18. The summed E-state index contributed by atoms with van der Waals surface area (Å²) in [6, 6.07) is 4.36. The lowest BCUT2D eigenvalue weighted by Gasteiger charge is -2.20. The number of benzene rings is 1. The van der Waals surface area contributed by atoms with E-state index in [1.807, 2.05) is 20.8 Å². The van der Waals surface area contributed by atoms with Crippen molar-refractivity contribution in [3.8, 4) is 0 Å². The number of halogens is 2. The first-order chi connectivity index (χ1) is 6.81. The quantitative estimate of drug-likeness (QED) is 0.788. The molecule has 82 valence electrons. The molecule has 1 amide bonds. The van der Waals surface area contributed by atoms with Crippen LogP contribution in [-0.4, -0.2) is 11.4 Å². The normalized spacial score (nSPS) is 11.3. The van der Waals surface area contributed by atoms with Gasteiger partial charge in [-0.15, -0.1) is 0 Å². The Morgan fingerprint density at radius 2 is 2.00 bits per heavy atom. The fourth-order valence-electron chi connectivity index (χ4n) is 1.09. The number of amides is 1. The minimum Gasteiger partial charge on any atom is -0.347 e. The summed E-state index contributed by atoms with van der Waals surface area (Å²) in [5.41, 5.74) is -0.427. The molecule has 0 radical (unpaired) electrons. The fourth-order valence-corrected chi connectivity index (χ4v) is 1.26. The van der Waals surface area contributed by atoms with Crippen LogP contribution in [0.4, 0.5) is 4.39 Å². The number of carbonyl (C=O) groups excluding carboxylic acids is 1. The van der Waals surface area contributed by atoms with E-state index in [0.717, 1.165) is 0 Å². The Bertz CT molecular complexity index is 385. The number of hydrogen-bond donors (Lipinski definition) is 1. The fraction of sp³-hybridized carbons (Fsp3) is 0.364. The lowest BCUT2D eigenvalue weighted by atomic mass is 10.1. The van der Waals surface area contributed by atoms with Crippen LogP contribution >= 0.6 is 11.6 Å². The molecule has 0 aliphatic carbocycles. The van der Waals surface area contributed by atoms with Gasteiger partial charge in [-0.3, -0.25) is 4.79 Å². The second-order valence-electron chi connectivity index (χ2n) is 4.31. The van der Waals surface area contributed by atoms with Crippen LogP contribution in [0, 0.1) is 5.82 Å². The van der Waals surface area contributed by atoms with E-state index in [9.17, 15) is 9.18 Å². The Balaban J connectivity index is 2.97. The Labute approximate surface area is 93.4 Å². The Morgan fingerprint density at radius 3 is 2.53 bits per heavy atom. The molecule has 0 bridgehead atoms. The highest BCUT2D eigenvalue weighted by atomic mass is 35.5. The zero-order valence-electron chi connectivity index (χ0n) is 8.90. The first-order valence-electron chi connectivity index (χ1n) is 4.58. The SMILES string of the molecule is CC(C)(C)NC(=O)c1cccc(Cl)c1F. The van der Waals surface area contributed by atoms with Gasteiger partial charge in [0.2, 0.25) is 0 Å². The van der Waals surface area contributed by atoms with E-state index in [4.69, 9.17) is 11.6 Å². The molecule has 0 saturated heterocycles. The van der Waals surface area contributed by atoms with Crippen LogP contribution in [0.3, 0.4) is 0 Å². The van der Waals surface area contributed by atoms with Crippen molar-refractivity contribution in [3.05, 3.63) is 34.6 Å². The molecule has 0 heterocycles. The van der Waals surface area contributed by atoms with E-state index in [1.54, 1.807) is 6.07 Å². The molecular formula is C11H13ClFNO. The smallest absolute Gasteiger partial charge is 0.254 e. The maximum Gasteiger partial charge on any atom is 0.254 e. The van der Waals surface area contributed by atoms with Gasteiger partial charge in [-0.1, -0.05) is 17.7 Å². The molecule has 1 aromatic rings. The van der Waals surface area contributed by atoms with Crippen LogP contribution in [0.25, 0.3) is 0 Å². The van der Waals surface area contributed by atoms with Crippen molar-refractivity contribution in [2.45, 2.75) is 26.3 Å². The minimum absolute atomic E-state index is 0.0302. The van der Waals surface area contributed by atoms with Crippen LogP contribution in [0.15, 0.2) is 18.2 Å². The molecule has 0 unspecified atom stereocenters. The van der Waals surface area contributed by atoms with Gasteiger partial charge < -0.3 is 5.32 Å². The summed E-state index contributed by atoms with van der Waals surface area (Å²) < 4.78 is 13.4. The first kappa shape index (κ1) is 12.0. The molecule has 0 spiro atoms. The second-order valence-corrected chi connectivity index (χ2v) is 4.71. The zero-order chi connectivity index (χ0) is 11.6. The summed E-state index contributed by atoms with van der Waals surface area (Å²) in [7, 11) is 0. The summed E-state index contributed by atoms with van der Waals surface area (Å²) >= 11 is 5.57. The molecular weight excluding hydrogens is 217 g/mol. The van der Waals surface area contributed by atoms with E-state index in [0.29, 0.717) is 0 Å². The highest BCUT2D eigenvalue weighted by Gasteiger charge is 2.19. The Hall–Kier alpha value is -1.09. The Kier molecular flexibility index (Phi) is 3.35. The van der Waals surface area contributed by atoms with Gasteiger partial charge in [-0.05, 0) is 32.9 Å². The predicted molar refractivity (Wildman–Crippen MR) is 58.6 cm³/mol. The molecule has 4 heteroatoms. The summed E-state index contributed by atoms with van der Waals surface area (Å²) in [6.45, 7) is 5.48. The average molecular weight is 230 g/mol. The molecule has 1 N–H and O–H groups in total. The van der Waals surface area contributed by atoms with Crippen LogP contribution in [0.2, 0.25) is 5.02 Å². The summed E-state index contributed by atoms with van der Waals surface area (Å²) in [5, 5.41) is 2.62. The van der Waals surface area contributed by atoms with Crippen molar-refractivity contribution in [1.29, 1.82) is 0 Å². The van der Waals surface area contributed by atoms with Crippen molar-refractivity contribution in [2.75, 3.05) is 0 Å². The van der Waals surface area contributed by atoms with Crippen LogP contribution in [0.1, 0.15) is 31.1 Å². The molecule has 0 saturated carbocycles. The van der Waals surface area contributed by atoms with Gasteiger partial charge in [0.15, 0.2) is 5.82 Å². The molecule has 0 aromatic heterocycles. The van der Waals surface area contributed by atoms with Crippen molar-refractivity contribution in [3.63, 3.8) is 0 Å². The van der Waals surface area contributed by atoms with E-state index in [-0.39, 0.29) is 10.6 Å². The largest absolute Gasteiger partial charge is 0.347 e. The first-order valence-corrected chi connectivity index (χ1v) is 4.95. The number of rotatable bonds is 1. The predicted octanol–water partition coefficient (Wildman–Crippen LogP) is 3.01. The third-order valence-corrected chi connectivity index (χ3v) is 1.98. The topological polar surface area (TPSA) is 29.1 Å². The third kappa shape index (κ3) is 3.20. The molecule has 0 fully saturated rings. The van der Waals surface area contributed by atoms with Gasteiger partial charge in [0.1, 0.15) is 0 Å². The highest BCUT2D eigenvalue weighted by molar-refractivity contribution is 6.31. The average Bonchev–Trinajstić information content (AvgIpc) is 2.06. The van der Waals surface area contributed by atoms with Crippen molar-refractivity contribution < 1.29 is 9.18 Å². The summed E-state index contributed by atoms with van der Waals surface area (Å²) in [6.07, 6.45) is 0. The van der Waals surface area contributed by atoms with Gasteiger partial charge in [0, 0.05) is 5.54 Å². The standard InChI is InChI=1S/C11H13ClFNO/c1-11(2,3)14-10(15)7-5-4-6-8(12)9(7)13/h4-6H,1-3H3,(H,14,15). The molecule has 0 aliphatic heterocycles. The number of nitrogens with one attached hydrogen (secondary N) is 1. The van der Waals surface area contributed by atoms with E-state index < -0.39 is 17.3 Å².